The third-order valence-electron chi connectivity index (χ3n) is 4.78. The minimum atomic E-state index is -4.90. The summed E-state index contributed by atoms with van der Waals surface area (Å²) in [5.41, 5.74) is -2.07. The van der Waals surface area contributed by atoms with Crippen LogP contribution in [0.3, 0.4) is 0 Å². The molecular weight excluding hydrogens is 460 g/mol. The Hall–Kier alpha value is -2.80. The van der Waals surface area contributed by atoms with Gasteiger partial charge in [0.2, 0.25) is 0 Å². The van der Waals surface area contributed by atoms with E-state index in [0.717, 1.165) is 0 Å². The van der Waals surface area contributed by atoms with Gasteiger partial charge in [-0.25, -0.2) is 0 Å². The summed E-state index contributed by atoms with van der Waals surface area (Å²) in [7, 11) is -9.53. The maximum absolute atomic E-state index is 12.9. The molecule has 0 bridgehead atoms. The molecule has 1 atom stereocenters. The zero-order valence-corrected chi connectivity index (χ0v) is 18.8. The van der Waals surface area contributed by atoms with Crippen molar-refractivity contribution < 1.29 is 35.5 Å². The summed E-state index contributed by atoms with van der Waals surface area (Å²) in [5, 5.41) is 2.96. The highest BCUT2D eigenvalue weighted by molar-refractivity contribution is 7.86. The summed E-state index contributed by atoms with van der Waals surface area (Å²) in [5.74, 6) is -2.64. The maximum atomic E-state index is 12.9. The maximum Gasteiger partial charge on any atom is 0.271 e. The molecule has 0 heterocycles. The van der Waals surface area contributed by atoms with Crippen molar-refractivity contribution in [1.82, 2.24) is 10.6 Å². The lowest BCUT2D eigenvalue weighted by molar-refractivity contribution is 0.0784. The quantitative estimate of drug-likeness (QED) is 0.291. The van der Waals surface area contributed by atoms with E-state index >= 15 is 0 Å². The Morgan fingerprint density at radius 2 is 1.25 bits per heavy atom. The van der Waals surface area contributed by atoms with Gasteiger partial charge < -0.3 is 10.6 Å². The van der Waals surface area contributed by atoms with Gasteiger partial charge in [0.25, 0.3) is 32.1 Å². The predicted molar refractivity (Wildman–Crippen MR) is 117 cm³/mol. The number of carbonyl (C=O) groups excluding carboxylic acids is 2. The molecule has 2 rings (SSSR count). The van der Waals surface area contributed by atoms with Crippen molar-refractivity contribution >= 4 is 32.1 Å². The molecule has 0 aliphatic rings. The Balaban J connectivity index is 2.61. The molecule has 4 N–H and O–H groups in total. The van der Waals surface area contributed by atoms with Gasteiger partial charge in [-0.1, -0.05) is 43.3 Å². The Bertz CT molecular complexity index is 1100. The van der Waals surface area contributed by atoms with E-state index in [1.165, 1.54) is 31.2 Å². The lowest BCUT2D eigenvalue weighted by Gasteiger charge is -2.40. The van der Waals surface area contributed by atoms with Gasteiger partial charge in [-0.3, -0.25) is 18.7 Å². The summed E-state index contributed by atoms with van der Waals surface area (Å²) < 4.78 is 66.5. The molecule has 10 nitrogen and oxygen atoms in total. The van der Waals surface area contributed by atoms with Crippen LogP contribution in [0.1, 0.15) is 40.5 Å². The first-order valence-corrected chi connectivity index (χ1v) is 12.7. The fourth-order valence-electron chi connectivity index (χ4n) is 3.31. The SMILES string of the molecule is CCC(C(CCS(=O)(=O)O)(NC(=O)c1ccccc1)NC(=O)c1ccccc1)S(=O)(=O)O. The van der Waals surface area contributed by atoms with E-state index in [9.17, 15) is 35.5 Å². The Labute approximate surface area is 186 Å². The fourth-order valence-corrected chi connectivity index (χ4v) is 5.06. The average Bonchev–Trinajstić information content (AvgIpc) is 2.72. The molecule has 0 aliphatic carbocycles. The van der Waals surface area contributed by atoms with Crippen molar-refractivity contribution in [2.45, 2.75) is 30.7 Å². The third kappa shape index (κ3) is 6.85. The van der Waals surface area contributed by atoms with E-state index in [4.69, 9.17) is 0 Å². The van der Waals surface area contributed by atoms with Crippen LogP contribution in [0.4, 0.5) is 0 Å². The number of rotatable bonds is 10. The second-order valence-electron chi connectivity index (χ2n) is 7.06. The van der Waals surface area contributed by atoms with Gasteiger partial charge in [0, 0.05) is 17.5 Å². The normalized spacial score (nSPS) is 13.2. The van der Waals surface area contributed by atoms with Gasteiger partial charge in [0.05, 0.1) is 5.75 Å². The molecule has 0 radical (unpaired) electrons. The highest BCUT2D eigenvalue weighted by Crippen LogP contribution is 2.24. The van der Waals surface area contributed by atoms with E-state index in [0.29, 0.717) is 0 Å². The second-order valence-corrected chi connectivity index (χ2v) is 10.2. The van der Waals surface area contributed by atoms with Crippen LogP contribution in [0.15, 0.2) is 60.7 Å². The van der Waals surface area contributed by atoms with Crippen molar-refractivity contribution in [2.24, 2.45) is 0 Å². The summed E-state index contributed by atoms with van der Waals surface area (Å²) in [6, 6.07) is 15.2. The molecule has 174 valence electrons. The molecule has 0 saturated heterocycles. The van der Waals surface area contributed by atoms with Gasteiger partial charge >= 0.3 is 0 Å². The summed E-state index contributed by atoms with van der Waals surface area (Å²) >= 11 is 0. The molecule has 2 aromatic rings. The van der Waals surface area contributed by atoms with Crippen LogP contribution in [-0.4, -0.2) is 54.4 Å². The van der Waals surface area contributed by atoms with Crippen LogP contribution in [-0.2, 0) is 20.2 Å². The zero-order valence-electron chi connectivity index (χ0n) is 17.1. The molecule has 2 amide bonds. The van der Waals surface area contributed by atoms with E-state index in [1.54, 1.807) is 36.4 Å². The first kappa shape index (κ1) is 25.5. The standard InChI is InChI=1S/C20H24N2O8S2/c1-2-17(32(28,29)30)20(13-14-31(25,26)27,21-18(23)15-9-5-3-6-10-15)22-19(24)16-11-7-4-8-12-16/h3-12,17H,2,13-14H2,1H3,(H,21,23)(H,22,24)(H,25,26,27)(H,28,29,30). The predicted octanol–water partition coefficient (Wildman–Crippen LogP) is 1.49. The molecule has 0 fully saturated rings. The summed E-state index contributed by atoms with van der Waals surface area (Å²) in [4.78, 5) is 25.8. The molecule has 0 spiro atoms. The van der Waals surface area contributed by atoms with Crippen LogP contribution in [0.25, 0.3) is 0 Å². The first-order valence-electron chi connectivity index (χ1n) is 9.54. The van der Waals surface area contributed by atoms with Gasteiger partial charge in [-0.15, -0.1) is 0 Å². The summed E-state index contributed by atoms with van der Waals surface area (Å²) in [6.45, 7) is 1.38. The highest BCUT2D eigenvalue weighted by atomic mass is 32.2. The highest BCUT2D eigenvalue weighted by Gasteiger charge is 2.48. The fraction of sp³-hybridized carbons (Fsp3) is 0.300. The van der Waals surface area contributed by atoms with Gasteiger partial charge in [-0.2, -0.15) is 16.8 Å². The molecule has 12 heteroatoms. The number of amides is 2. The van der Waals surface area contributed by atoms with Gasteiger partial charge in [0.15, 0.2) is 0 Å². The van der Waals surface area contributed by atoms with E-state index in [-0.39, 0.29) is 17.5 Å². The van der Waals surface area contributed by atoms with E-state index in [1.807, 2.05) is 0 Å². The minimum absolute atomic E-state index is 0.0999. The van der Waals surface area contributed by atoms with Crippen molar-refractivity contribution in [2.75, 3.05) is 5.75 Å². The van der Waals surface area contributed by atoms with Crippen LogP contribution in [0.2, 0.25) is 0 Å². The van der Waals surface area contributed by atoms with Crippen molar-refractivity contribution in [3.63, 3.8) is 0 Å². The Morgan fingerprint density at radius 1 is 0.844 bits per heavy atom. The van der Waals surface area contributed by atoms with Gasteiger partial charge in [-0.05, 0) is 30.7 Å². The van der Waals surface area contributed by atoms with Gasteiger partial charge in [0.1, 0.15) is 10.9 Å². The molecule has 2 aromatic carbocycles. The third-order valence-corrected chi connectivity index (χ3v) is 6.95. The number of hydrogen-bond acceptors (Lipinski definition) is 6. The van der Waals surface area contributed by atoms with Crippen molar-refractivity contribution in [1.29, 1.82) is 0 Å². The van der Waals surface area contributed by atoms with Crippen LogP contribution in [0, 0.1) is 0 Å². The van der Waals surface area contributed by atoms with E-state index in [2.05, 4.69) is 10.6 Å². The lowest BCUT2D eigenvalue weighted by atomic mass is 9.98. The monoisotopic (exact) mass is 484 g/mol. The minimum Gasteiger partial charge on any atom is -0.328 e. The topological polar surface area (TPSA) is 167 Å². The molecule has 0 saturated carbocycles. The molecule has 1 unspecified atom stereocenters. The largest absolute Gasteiger partial charge is 0.328 e. The smallest absolute Gasteiger partial charge is 0.271 e. The molecule has 32 heavy (non-hydrogen) atoms. The average molecular weight is 485 g/mol. The van der Waals surface area contributed by atoms with Crippen molar-refractivity contribution in [3.8, 4) is 0 Å². The van der Waals surface area contributed by atoms with Crippen molar-refractivity contribution in [3.05, 3.63) is 71.8 Å². The van der Waals surface area contributed by atoms with E-state index < -0.39 is 55.1 Å². The number of nitrogens with one attached hydrogen (secondary N) is 2. The molecular formula is C20H24N2O8S2. The second kappa shape index (κ2) is 10.2. The number of carbonyl (C=O) groups is 2. The Kier molecular flexibility index (Phi) is 8.13. The number of hydrogen-bond donors (Lipinski definition) is 4. The van der Waals surface area contributed by atoms with Crippen LogP contribution >= 0.6 is 0 Å². The Morgan fingerprint density at radius 3 is 1.56 bits per heavy atom. The summed E-state index contributed by atoms with van der Waals surface area (Å²) in [6.07, 6.45) is -1.03. The first-order chi connectivity index (χ1) is 14.9. The molecule has 0 aliphatic heterocycles. The number of benzene rings is 2. The van der Waals surface area contributed by atoms with Crippen LogP contribution < -0.4 is 10.6 Å². The van der Waals surface area contributed by atoms with Crippen LogP contribution in [0.5, 0.6) is 0 Å². The molecule has 0 aromatic heterocycles. The lowest BCUT2D eigenvalue weighted by Crippen LogP contribution is -2.69. The zero-order chi connectivity index (χ0) is 24.0.